The summed E-state index contributed by atoms with van der Waals surface area (Å²) in [6, 6.07) is 4.78. The molecular formula is C18H25FN2O. The summed E-state index contributed by atoms with van der Waals surface area (Å²) in [7, 11) is 0. The monoisotopic (exact) mass is 304 g/mol. The Morgan fingerprint density at radius 3 is 2.64 bits per heavy atom. The quantitative estimate of drug-likeness (QED) is 0.856. The Hall–Kier alpha value is -1.42. The van der Waals surface area contributed by atoms with E-state index in [0.717, 1.165) is 44.6 Å². The molecule has 1 atom stereocenters. The normalized spacial score (nSPS) is 23.0. The number of rotatable bonds is 3. The Labute approximate surface area is 132 Å². The molecule has 0 bridgehead atoms. The van der Waals surface area contributed by atoms with Crippen LogP contribution in [0.1, 0.15) is 48.0 Å². The van der Waals surface area contributed by atoms with Crippen molar-refractivity contribution < 1.29 is 9.18 Å². The molecule has 1 amide bonds. The van der Waals surface area contributed by atoms with Crippen LogP contribution in [0.4, 0.5) is 4.39 Å². The van der Waals surface area contributed by atoms with E-state index in [1.54, 1.807) is 6.07 Å². The number of carbonyl (C=O) groups is 1. The van der Waals surface area contributed by atoms with Crippen molar-refractivity contribution in [2.75, 3.05) is 26.2 Å². The number of halogens is 1. The minimum atomic E-state index is -0.277. The minimum absolute atomic E-state index is 0.0707. The smallest absolute Gasteiger partial charge is 0.254 e. The Morgan fingerprint density at radius 1 is 1.18 bits per heavy atom. The SMILES string of the molecule is Cc1cc(F)ccc1C(=O)N1CCCC[C@H]1CN1CCCC1. The summed E-state index contributed by atoms with van der Waals surface area (Å²) >= 11 is 0. The maximum atomic E-state index is 13.3. The number of amides is 1. The van der Waals surface area contributed by atoms with Crippen LogP contribution in [0.2, 0.25) is 0 Å². The first kappa shape index (κ1) is 15.5. The number of hydrogen-bond acceptors (Lipinski definition) is 2. The first-order valence-electron chi connectivity index (χ1n) is 8.44. The van der Waals surface area contributed by atoms with Gasteiger partial charge in [0.1, 0.15) is 5.82 Å². The van der Waals surface area contributed by atoms with Gasteiger partial charge in [-0.15, -0.1) is 0 Å². The fourth-order valence-electron chi connectivity index (χ4n) is 3.74. The summed E-state index contributed by atoms with van der Waals surface area (Å²) in [4.78, 5) is 17.4. The summed E-state index contributed by atoms with van der Waals surface area (Å²) in [5.74, 6) is -0.206. The van der Waals surface area contributed by atoms with Crippen molar-refractivity contribution in [3.05, 3.63) is 35.1 Å². The highest BCUT2D eigenvalue weighted by Gasteiger charge is 2.30. The molecule has 22 heavy (non-hydrogen) atoms. The van der Waals surface area contributed by atoms with Gasteiger partial charge in [0.15, 0.2) is 0 Å². The first-order chi connectivity index (χ1) is 10.6. The van der Waals surface area contributed by atoms with E-state index in [9.17, 15) is 9.18 Å². The van der Waals surface area contributed by atoms with Crippen LogP contribution in [-0.2, 0) is 0 Å². The van der Waals surface area contributed by atoms with Gasteiger partial charge in [0, 0.05) is 24.7 Å². The maximum absolute atomic E-state index is 13.3. The molecule has 2 heterocycles. The van der Waals surface area contributed by atoms with Crippen LogP contribution in [0.3, 0.4) is 0 Å². The average Bonchev–Trinajstić information content (AvgIpc) is 3.00. The van der Waals surface area contributed by atoms with E-state index in [1.165, 1.54) is 31.4 Å². The Morgan fingerprint density at radius 2 is 1.91 bits per heavy atom. The van der Waals surface area contributed by atoms with Gasteiger partial charge in [-0.2, -0.15) is 0 Å². The molecule has 2 fully saturated rings. The number of hydrogen-bond donors (Lipinski definition) is 0. The number of benzene rings is 1. The Kier molecular flexibility index (Phi) is 4.77. The lowest BCUT2D eigenvalue weighted by atomic mass is 9.99. The molecule has 1 aromatic carbocycles. The van der Waals surface area contributed by atoms with Crippen LogP contribution in [0, 0.1) is 12.7 Å². The largest absolute Gasteiger partial charge is 0.334 e. The number of aryl methyl sites for hydroxylation is 1. The molecule has 3 nitrogen and oxygen atoms in total. The molecule has 0 N–H and O–H groups in total. The molecular weight excluding hydrogens is 279 g/mol. The molecule has 2 aliphatic rings. The minimum Gasteiger partial charge on any atom is -0.334 e. The van der Waals surface area contributed by atoms with E-state index < -0.39 is 0 Å². The predicted molar refractivity (Wildman–Crippen MR) is 85.5 cm³/mol. The van der Waals surface area contributed by atoms with E-state index in [-0.39, 0.29) is 11.7 Å². The van der Waals surface area contributed by atoms with E-state index in [1.807, 2.05) is 11.8 Å². The summed E-state index contributed by atoms with van der Waals surface area (Å²) in [6.07, 6.45) is 5.91. The van der Waals surface area contributed by atoms with Crippen molar-refractivity contribution in [2.45, 2.75) is 45.1 Å². The summed E-state index contributed by atoms with van der Waals surface area (Å²) in [6.45, 7) is 5.96. The van der Waals surface area contributed by atoms with Gasteiger partial charge in [-0.25, -0.2) is 4.39 Å². The van der Waals surface area contributed by atoms with Crippen molar-refractivity contribution in [2.24, 2.45) is 0 Å². The summed E-state index contributed by atoms with van der Waals surface area (Å²) in [5.41, 5.74) is 1.38. The second-order valence-corrected chi connectivity index (χ2v) is 6.62. The van der Waals surface area contributed by atoms with Gasteiger partial charge in [0.25, 0.3) is 5.91 Å². The summed E-state index contributed by atoms with van der Waals surface area (Å²) < 4.78 is 13.3. The van der Waals surface area contributed by atoms with Gasteiger partial charge >= 0.3 is 0 Å². The van der Waals surface area contributed by atoms with Gasteiger partial charge in [-0.05, 0) is 75.9 Å². The zero-order chi connectivity index (χ0) is 15.5. The molecule has 3 rings (SSSR count). The van der Waals surface area contributed by atoms with Gasteiger partial charge < -0.3 is 9.80 Å². The standard InChI is InChI=1S/C18H25FN2O/c1-14-12-15(19)7-8-17(14)18(22)21-11-3-2-6-16(21)13-20-9-4-5-10-20/h7-8,12,16H,2-6,9-11,13H2,1H3/t16-/m0/s1. The van der Waals surface area contributed by atoms with Gasteiger partial charge in [-0.3, -0.25) is 4.79 Å². The highest BCUT2D eigenvalue weighted by molar-refractivity contribution is 5.95. The second-order valence-electron chi connectivity index (χ2n) is 6.62. The molecule has 0 aromatic heterocycles. The van der Waals surface area contributed by atoms with Crippen molar-refractivity contribution in [1.29, 1.82) is 0 Å². The van der Waals surface area contributed by atoms with Gasteiger partial charge in [-0.1, -0.05) is 0 Å². The van der Waals surface area contributed by atoms with Crippen LogP contribution in [0.25, 0.3) is 0 Å². The van der Waals surface area contributed by atoms with Gasteiger partial charge in [0.2, 0.25) is 0 Å². The van der Waals surface area contributed by atoms with Crippen molar-refractivity contribution in [3.63, 3.8) is 0 Å². The van der Waals surface area contributed by atoms with Crippen LogP contribution in [0.5, 0.6) is 0 Å². The number of carbonyl (C=O) groups excluding carboxylic acids is 1. The molecule has 0 saturated carbocycles. The highest BCUT2D eigenvalue weighted by Crippen LogP contribution is 2.23. The number of piperidine rings is 1. The van der Waals surface area contributed by atoms with Crippen molar-refractivity contribution in [3.8, 4) is 0 Å². The molecule has 1 aromatic rings. The number of likely N-dealkylation sites (tertiary alicyclic amines) is 2. The molecule has 2 aliphatic heterocycles. The fourth-order valence-corrected chi connectivity index (χ4v) is 3.74. The zero-order valence-electron chi connectivity index (χ0n) is 13.4. The van der Waals surface area contributed by atoms with Gasteiger partial charge in [0.05, 0.1) is 0 Å². The van der Waals surface area contributed by atoms with E-state index in [4.69, 9.17) is 0 Å². The topological polar surface area (TPSA) is 23.6 Å². The van der Waals surface area contributed by atoms with Crippen molar-refractivity contribution >= 4 is 5.91 Å². The third-order valence-electron chi connectivity index (χ3n) is 4.97. The molecule has 120 valence electrons. The van der Waals surface area contributed by atoms with Crippen LogP contribution < -0.4 is 0 Å². The van der Waals surface area contributed by atoms with E-state index >= 15 is 0 Å². The zero-order valence-corrected chi connectivity index (χ0v) is 13.4. The third kappa shape index (κ3) is 3.32. The second kappa shape index (κ2) is 6.78. The first-order valence-corrected chi connectivity index (χ1v) is 8.44. The third-order valence-corrected chi connectivity index (χ3v) is 4.97. The lowest BCUT2D eigenvalue weighted by Crippen LogP contribution is -2.49. The molecule has 0 aliphatic carbocycles. The Bertz CT molecular complexity index is 540. The van der Waals surface area contributed by atoms with E-state index in [0.29, 0.717) is 11.6 Å². The highest BCUT2D eigenvalue weighted by atomic mass is 19.1. The average molecular weight is 304 g/mol. The van der Waals surface area contributed by atoms with Crippen LogP contribution in [0.15, 0.2) is 18.2 Å². The van der Waals surface area contributed by atoms with Crippen LogP contribution in [-0.4, -0.2) is 47.9 Å². The molecule has 0 radical (unpaired) electrons. The molecule has 2 saturated heterocycles. The molecule has 0 unspecified atom stereocenters. The molecule has 4 heteroatoms. The number of nitrogens with zero attached hydrogens (tertiary/aromatic N) is 2. The fraction of sp³-hybridized carbons (Fsp3) is 0.611. The van der Waals surface area contributed by atoms with Crippen LogP contribution >= 0.6 is 0 Å². The van der Waals surface area contributed by atoms with E-state index in [2.05, 4.69) is 4.90 Å². The Balaban J connectivity index is 1.75. The lowest BCUT2D eigenvalue weighted by molar-refractivity contribution is 0.0560. The summed E-state index contributed by atoms with van der Waals surface area (Å²) in [5, 5.41) is 0. The van der Waals surface area contributed by atoms with Crippen molar-refractivity contribution in [1.82, 2.24) is 9.80 Å². The lowest BCUT2D eigenvalue weighted by Gasteiger charge is -2.38. The predicted octanol–water partition coefficient (Wildman–Crippen LogP) is 3.22. The molecule has 0 spiro atoms. The maximum Gasteiger partial charge on any atom is 0.254 e.